The number of nitrogens with zero attached hydrogens (tertiary/aromatic N) is 1. The summed E-state index contributed by atoms with van der Waals surface area (Å²) in [7, 11) is 1.47. The first kappa shape index (κ1) is 12.2. The van der Waals surface area contributed by atoms with Crippen LogP contribution in [0.25, 0.3) is 0 Å². The maximum atomic E-state index is 12.6. The van der Waals surface area contributed by atoms with Gasteiger partial charge in [-0.05, 0) is 18.9 Å². The minimum absolute atomic E-state index is 0.0940. The number of alkyl halides is 3. The molecule has 1 aliphatic rings. The number of pyridine rings is 1. The lowest BCUT2D eigenvalue weighted by Gasteiger charge is -2.20. The van der Waals surface area contributed by atoms with E-state index >= 15 is 0 Å². The third-order valence-corrected chi connectivity index (χ3v) is 2.89. The number of nitrogens with one attached hydrogen (secondary N) is 1. The van der Waals surface area contributed by atoms with Gasteiger partial charge >= 0.3 is 6.18 Å². The Bertz CT molecular complexity index is 402. The van der Waals surface area contributed by atoms with Gasteiger partial charge < -0.3 is 4.74 Å². The number of ether oxygens (including phenoxy) is 1. The van der Waals surface area contributed by atoms with Crippen molar-refractivity contribution >= 4 is 0 Å². The van der Waals surface area contributed by atoms with Crippen molar-refractivity contribution in [2.75, 3.05) is 7.11 Å². The maximum Gasteiger partial charge on any atom is 0.406 e. The normalized spacial score (nSPS) is 17.9. The molecule has 2 rings (SSSR count). The highest BCUT2D eigenvalue weighted by Gasteiger charge is 2.62. The number of rotatable bonds is 4. The first-order valence-electron chi connectivity index (χ1n) is 5.28. The standard InChI is InChI=1S/C11H13F3N2O/c1-17-9-4-2-3-8(16-9)7-15-10(5-6-10)11(12,13)14/h2-4,15H,5-7H2,1H3. The highest BCUT2D eigenvalue weighted by atomic mass is 19.4. The van der Waals surface area contributed by atoms with Crippen LogP contribution in [0, 0.1) is 0 Å². The van der Waals surface area contributed by atoms with E-state index in [1.807, 2.05) is 0 Å². The molecule has 0 unspecified atom stereocenters. The largest absolute Gasteiger partial charge is 0.481 e. The van der Waals surface area contributed by atoms with Gasteiger partial charge in [0.05, 0.1) is 12.8 Å². The lowest BCUT2D eigenvalue weighted by molar-refractivity contribution is -0.166. The van der Waals surface area contributed by atoms with Gasteiger partial charge in [0.25, 0.3) is 0 Å². The third kappa shape index (κ3) is 2.52. The van der Waals surface area contributed by atoms with Crippen LogP contribution in [0.1, 0.15) is 18.5 Å². The van der Waals surface area contributed by atoms with Crippen LogP contribution in [-0.4, -0.2) is 23.8 Å². The Morgan fingerprint density at radius 2 is 2.12 bits per heavy atom. The van der Waals surface area contributed by atoms with Crippen LogP contribution < -0.4 is 10.1 Å². The Morgan fingerprint density at radius 3 is 2.65 bits per heavy atom. The average Bonchev–Trinajstić information content (AvgIpc) is 3.07. The minimum Gasteiger partial charge on any atom is -0.481 e. The van der Waals surface area contributed by atoms with E-state index in [1.165, 1.54) is 7.11 Å². The first-order chi connectivity index (χ1) is 7.97. The van der Waals surface area contributed by atoms with Crippen molar-refractivity contribution in [1.29, 1.82) is 0 Å². The summed E-state index contributed by atoms with van der Waals surface area (Å²) >= 11 is 0. The Labute approximate surface area is 97.0 Å². The number of hydrogen-bond acceptors (Lipinski definition) is 3. The molecule has 1 heterocycles. The molecule has 1 saturated carbocycles. The van der Waals surface area contributed by atoms with E-state index in [-0.39, 0.29) is 19.4 Å². The maximum absolute atomic E-state index is 12.6. The summed E-state index contributed by atoms with van der Waals surface area (Å²) in [6.07, 6.45) is -3.91. The monoisotopic (exact) mass is 246 g/mol. The predicted molar refractivity (Wildman–Crippen MR) is 55.6 cm³/mol. The Kier molecular flexibility index (Phi) is 2.99. The van der Waals surface area contributed by atoms with Crippen LogP contribution in [0.3, 0.4) is 0 Å². The molecule has 0 amide bonds. The van der Waals surface area contributed by atoms with Crippen molar-refractivity contribution in [3.63, 3.8) is 0 Å². The van der Waals surface area contributed by atoms with Crippen LogP contribution in [0.15, 0.2) is 18.2 Å². The molecule has 1 aliphatic carbocycles. The van der Waals surface area contributed by atoms with Gasteiger partial charge in [-0.15, -0.1) is 0 Å². The van der Waals surface area contributed by atoms with Crippen LogP contribution in [0.2, 0.25) is 0 Å². The summed E-state index contributed by atoms with van der Waals surface area (Å²) < 4.78 is 42.8. The highest BCUT2D eigenvalue weighted by molar-refractivity contribution is 5.17. The van der Waals surface area contributed by atoms with Crippen molar-refractivity contribution in [2.45, 2.75) is 31.1 Å². The zero-order valence-electron chi connectivity index (χ0n) is 9.34. The molecule has 1 fully saturated rings. The lowest BCUT2D eigenvalue weighted by Crippen LogP contribution is -2.44. The van der Waals surface area contributed by atoms with Crippen molar-refractivity contribution in [2.24, 2.45) is 0 Å². The Balaban J connectivity index is 1.98. The predicted octanol–water partition coefficient (Wildman–Crippen LogP) is 2.27. The van der Waals surface area contributed by atoms with Crippen molar-refractivity contribution < 1.29 is 17.9 Å². The fourth-order valence-corrected chi connectivity index (χ4v) is 1.61. The molecule has 1 aromatic heterocycles. The molecule has 6 heteroatoms. The molecule has 1 N–H and O–H groups in total. The minimum atomic E-state index is -4.19. The second-order valence-electron chi connectivity index (χ2n) is 4.10. The van der Waals surface area contributed by atoms with Gasteiger partial charge in [-0.3, -0.25) is 5.32 Å². The second kappa shape index (κ2) is 4.18. The van der Waals surface area contributed by atoms with Crippen LogP contribution >= 0.6 is 0 Å². The fraction of sp³-hybridized carbons (Fsp3) is 0.545. The topological polar surface area (TPSA) is 34.1 Å². The van der Waals surface area contributed by atoms with Gasteiger partial charge in [-0.1, -0.05) is 6.07 Å². The van der Waals surface area contributed by atoms with Gasteiger partial charge in [-0.2, -0.15) is 13.2 Å². The SMILES string of the molecule is COc1cccc(CNC2(C(F)(F)F)CC2)n1. The summed E-state index contributed by atoms with van der Waals surface area (Å²) in [6.45, 7) is 0.0940. The summed E-state index contributed by atoms with van der Waals surface area (Å²) in [5.41, 5.74) is -1.16. The fourth-order valence-electron chi connectivity index (χ4n) is 1.61. The molecule has 0 radical (unpaired) electrons. The molecule has 0 aromatic carbocycles. The molecule has 0 bridgehead atoms. The van der Waals surface area contributed by atoms with Gasteiger partial charge in [0, 0.05) is 12.6 Å². The van der Waals surface area contributed by atoms with Crippen molar-refractivity contribution in [3.05, 3.63) is 23.9 Å². The van der Waals surface area contributed by atoms with E-state index in [1.54, 1.807) is 18.2 Å². The van der Waals surface area contributed by atoms with E-state index in [4.69, 9.17) is 4.74 Å². The van der Waals surface area contributed by atoms with E-state index in [0.29, 0.717) is 11.6 Å². The first-order valence-corrected chi connectivity index (χ1v) is 5.28. The molecular formula is C11H13F3N2O. The third-order valence-electron chi connectivity index (χ3n) is 2.89. The highest BCUT2D eigenvalue weighted by Crippen LogP contribution is 2.48. The van der Waals surface area contributed by atoms with E-state index in [2.05, 4.69) is 10.3 Å². The number of methoxy groups -OCH3 is 1. The Hall–Kier alpha value is -1.30. The molecule has 3 nitrogen and oxygen atoms in total. The van der Waals surface area contributed by atoms with E-state index in [9.17, 15) is 13.2 Å². The van der Waals surface area contributed by atoms with Crippen molar-refractivity contribution in [3.8, 4) is 5.88 Å². The molecule has 17 heavy (non-hydrogen) atoms. The summed E-state index contributed by atoms with van der Waals surface area (Å²) in [5.74, 6) is 0.404. The quantitative estimate of drug-likeness (QED) is 0.885. The van der Waals surface area contributed by atoms with Crippen LogP contribution in [0.5, 0.6) is 5.88 Å². The summed E-state index contributed by atoms with van der Waals surface area (Å²) in [6, 6.07) is 5.03. The molecule has 0 spiro atoms. The molecular weight excluding hydrogens is 233 g/mol. The van der Waals surface area contributed by atoms with Crippen LogP contribution in [-0.2, 0) is 6.54 Å². The van der Waals surface area contributed by atoms with Gasteiger partial charge in [-0.25, -0.2) is 4.98 Å². The lowest BCUT2D eigenvalue weighted by atomic mass is 10.2. The zero-order valence-corrected chi connectivity index (χ0v) is 9.34. The molecule has 0 atom stereocenters. The number of hydrogen-bond donors (Lipinski definition) is 1. The van der Waals surface area contributed by atoms with Gasteiger partial charge in [0.2, 0.25) is 5.88 Å². The smallest absolute Gasteiger partial charge is 0.406 e. The number of halogens is 3. The van der Waals surface area contributed by atoms with Crippen LogP contribution in [0.4, 0.5) is 13.2 Å². The molecule has 0 aliphatic heterocycles. The Morgan fingerprint density at radius 1 is 1.41 bits per heavy atom. The van der Waals surface area contributed by atoms with E-state index < -0.39 is 11.7 Å². The summed E-state index contributed by atoms with van der Waals surface area (Å²) in [5, 5.41) is 2.53. The summed E-state index contributed by atoms with van der Waals surface area (Å²) in [4.78, 5) is 4.05. The second-order valence-corrected chi connectivity index (χ2v) is 4.10. The molecule has 94 valence electrons. The molecule has 1 aromatic rings. The average molecular weight is 246 g/mol. The van der Waals surface area contributed by atoms with Crippen molar-refractivity contribution in [1.82, 2.24) is 10.3 Å². The zero-order chi connectivity index (χ0) is 12.5. The molecule has 0 saturated heterocycles. The van der Waals surface area contributed by atoms with Gasteiger partial charge in [0.1, 0.15) is 5.54 Å². The van der Waals surface area contributed by atoms with E-state index in [0.717, 1.165) is 0 Å². The van der Waals surface area contributed by atoms with Gasteiger partial charge in [0.15, 0.2) is 0 Å². The number of aromatic nitrogens is 1.